The number of hydrogen-bond donors (Lipinski definition) is 1. The van der Waals surface area contributed by atoms with Crippen LogP contribution in [0.2, 0.25) is 5.15 Å². The van der Waals surface area contributed by atoms with Crippen molar-refractivity contribution in [1.82, 2.24) is 4.98 Å². The molecule has 0 atom stereocenters. The van der Waals surface area contributed by atoms with Crippen molar-refractivity contribution in [3.05, 3.63) is 52.8 Å². The third kappa shape index (κ3) is 5.41. The number of pyridine rings is 1. The minimum Gasteiger partial charge on any atom is -0.462 e. The van der Waals surface area contributed by atoms with E-state index < -0.39 is 22.0 Å². The largest absolute Gasteiger partial charge is 0.462 e. The predicted molar refractivity (Wildman–Crippen MR) is 98.4 cm³/mol. The molecule has 10 heteroatoms. The zero-order chi connectivity index (χ0) is 20.0. The third-order valence-corrected chi connectivity index (χ3v) is 4.81. The van der Waals surface area contributed by atoms with Gasteiger partial charge in [-0.1, -0.05) is 11.6 Å². The number of esters is 2. The van der Waals surface area contributed by atoms with Crippen LogP contribution in [-0.4, -0.2) is 38.6 Å². The number of benzene rings is 1. The zero-order valence-electron chi connectivity index (χ0n) is 14.6. The van der Waals surface area contributed by atoms with Crippen molar-refractivity contribution in [2.45, 2.75) is 18.7 Å². The van der Waals surface area contributed by atoms with Crippen LogP contribution in [0.1, 0.15) is 34.6 Å². The Hall–Kier alpha value is -2.65. The van der Waals surface area contributed by atoms with Crippen LogP contribution in [0.15, 0.2) is 41.4 Å². The van der Waals surface area contributed by atoms with Crippen LogP contribution in [0, 0.1) is 0 Å². The van der Waals surface area contributed by atoms with Crippen LogP contribution in [0.5, 0.6) is 0 Å². The molecule has 144 valence electrons. The van der Waals surface area contributed by atoms with Crippen molar-refractivity contribution < 1.29 is 27.5 Å². The topological polar surface area (TPSA) is 112 Å². The molecular formula is C17H17ClN2O6S. The number of carbonyl (C=O) groups is 2. The van der Waals surface area contributed by atoms with E-state index >= 15 is 0 Å². The van der Waals surface area contributed by atoms with E-state index in [0.717, 1.165) is 6.20 Å². The van der Waals surface area contributed by atoms with Gasteiger partial charge in [-0.05, 0) is 44.2 Å². The van der Waals surface area contributed by atoms with E-state index in [1.54, 1.807) is 13.8 Å². The normalized spacial score (nSPS) is 10.9. The van der Waals surface area contributed by atoms with Gasteiger partial charge in [0.05, 0.1) is 30.0 Å². The Kier molecular flexibility index (Phi) is 6.75. The molecule has 27 heavy (non-hydrogen) atoms. The molecule has 0 unspecified atom stereocenters. The highest BCUT2D eigenvalue weighted by molar-refractivity contribution is 7.92. The number of carbonyl (C=O) groups excluding carboxylic acids is 2. The monoisotopic (exact) mass is 412 g/mol. The number of anilines is 1. The van der Waals surface area contributed by atoms with E-state index in [0.29, 0.717) is 0 Å². The standard InChI is InChI=1S/C17H17ClN2O6S/c1-3-25-16(21)11-7-12(17(22)26-4-2)9-13(8-11)20-27(23,24)14-5-6-15(18)19-10-14/h5-10,20H,3-4H2,1-2H3. The maximum Gasteiger partial charge on any atom is 0.338 e. The first-order valence-corrected chi connectivity index (χ1v) is 9.76. The van der Waals surface area contributed by atoms with Gasteiger partial charge < -0.3 is 9.47 Å². The molecule has 0 aliphatic carbocycles. The van der Waals surface area contributed by atoms with Gasteiger partial charge in [0.1, 0.15) is 10.0 Å². The second kappa shape index (κ2) is 8.83. The van der Waals surface area contributed by atoms with Crippen molar-refractivity contribution in [2.24, 2.45) is 0 Å². The first-order valence-electron chi connectivity index (χ1n) is 7.90. The highest BCUT2D eigenvalue weighted by Gasteiger charge is 2.19. The van der Waals surface area contributed by atoms with E-state index in [4.69, 9.17) is 21.1 Å². The first-order chi connectivity index (χ1) is 12.8. The van der Waals surface area contributed by atoms with Crippen LogP contribution in [-0.2, 0) is 19.5 Å². The molecule has 0 radical (unpaired) electrons. The number of halogens is 1. The van der Waals surface area contributed by atoms with E-state index in [1.165, 1.54) is 30.3 Å². The third-order valence-electron chi connectivity index (χ3n) is 3.22. The van der Waals surface area contributed by atoms with E-state index in [-0.39, 0.29) is 40.1 Å². The lowest BCUT2D eigenvalue weighted by molar-refractivity contribution is 0.0525. The van der Waals surface area contributed by atoms with Crippen LogP contribution in [0.4, 0.5) is 5.69 Å². The van der Waals surface area contributed by atoms with Crippen molar-refractivity contribution in [3.63, 3.8) is 0 Å². The Balaban J connectivity index is 2.43. The van der Waals surface area contributed by atoms with Gasteiger partial charge in [-0.2, -0.15) is 0 Å². The van der Waals surface area contributed by atoms with Gasteiger partial charge in [-0.15, -0.1) is 0 Å². The molecule has 0 aliphatic heterocycles. The first kappa shape index (κ1) is 20.7. The second-order valence-electron chi connectivity index (χ2n) is 5.16. The second-order valence-corrected chi connectivity index (χ2v) is 7.23. The molecule has 0 aliphatic rings. The lowest BCUT2D eigenvalue weighted by atomic mass is 10.1. The quantitative estimate of drug-likeness (QED) is 0.549. The molecule has 1 aromatic carbocycles. The van der Waals surface area contributed by atoms with Crippen LogP contribution >= 0.6 is 11.6 Å². The highest BCUT2D eigenvalue weighted by atomic mass is 35.5. The van der Waals surface area contributed by atoms with Gasteiger partial charge in [0.2, 0.25) is 0 Å². The maximum absolute atomic E-state index is 12.5. The van der Waals surface area contributed by atoms with Crippen molar-refractivity contribution in [1.29, 1.82) is 0 Å². The van der Waals surface area contributed by atoms with Crippen molar-refractivity contribution >= 4 is 39.3 Å². The average molecular weight is 413 g/mol. The summed E-state index contributed by atoms with van der Waals surface area (Å²) in [5.41, 5.74) is 0.0159. The number of aromatic nitrogens is 1. The summed E-state index contributed by atoms with van der Waals surface area (Å²) in [6, 6.07) is 6.41. The summed E-state index contributed by atoms with van der Waals surface area (Å²) in [5.74, 6) is -1.39. The van der Waals surface area contributed by atoms with Gasteiger partial charge in [-0.25, -0.2) is 23.0 Å². The molecule has 8 nitrogen and oxygen atoms in total. The summed E-state index contributed by atoms with van der Waals surface area (Å²) >= 11 is 5.66. The number of sulfonamides is 1. The summed E-state index contributed by atoms with van der Waals surface area (Å²) < 4.78 is 37.1. The Morgan fingerprint density at radius 2 is 1.59 bits per heavy atom. The van der Waals surface area contributed by atoms with Crippen molar-refractivity contribution in [2.75, 3.05) is 17.9 Å². The van der Waals surface area contributed by atoms with Gasteiger partial charge in [0.25, 0.3) is 10.0 Å². The predicted octanol–water partition coefficient (Wildman–Crippen LogP) is 2.89. The number of ether oxygens (including phenoxy) is 2. The molecule has 0 saturated carbocycles. The summed E-state index contributed by atoms with van der Waals surface area (Å²) in [7, 11) is -4.01. The molecule has 0 saturated heterocycles. The minimum atomic E-state index is -4.01. The van der Waals surface area contributed by atoms with Gasteiger partial charge in [0.15, 0.2) is 0 Å². The molecular weight excluding hydrogens is 396 g/mol. The molecule has 2 aromatic rings. The van der Waals surface area contributed by atoms with E-state index in [1.807, 2.05) is 0 Å². The molecule has 0 fully saturated rings. The molecule has 1 N–H and O–H groups in total. The van der Waals surface area contributed by atoms with Crippen LogP contribution in [0.3, 0.4) is 0 Å². The lowest BCUT2D eigenvalue weighted by Gasteiger charge is -2.11. The average Bonchev–Trinajstić information content (AvgIpc) is 2.62. The van der Waals surface area contributed by atoms with E-state index in [9.17, 15) is 18.0 Å². The van der Waals surface area contributed by atoms with Crippen LogP contribution < -0.4 is 4.72 Å². The lowest BCUT2D eigenvalue weighted by Crippen LogP contribution is -2.15. The van der Waals surface area contributed by atoms with Crippen molar-refractivity contribution in [3.8, 4) is 0 Å². The number of nitrogens with zero attached hydrogens (tertiary/aromatic N) is 1. The Morgan fingerprint density at radius 3 is 2.04 bits per heavy atom. The molecule has 1 aromatic heterocycles. The summed E-state index contributed by atoms with van der Waals surface area (Å²) in [6.45, 7) is 3.51. The molecule has 0 spiro atoms. The smallest absolute Gasteiger partial charge is 0.338 e. The van der Waals surface area contributed by atoms with E-state index in [2.05, 4.69) is 9.71 Å². The Bertz CT molecular complexity index is 908. The summed E-state index contributed by atoms with van der Waals surface area (Å²) in [5, 5.41) is 0.142. The zero-order valence-corrected chi connectivity index (χ0v) is 16.1. The number of hydrogen-bond acceptors (Lipinski definition) is 7. The fraction of sp³-hybridized carbons (Fsp3) is 0.235. The molecule has 0 bridgehead atoms. The minimum absolute atomic E-state index is 0.00134. The highest BCUT2D eigenvalue weighted by Crippen LogP contribution is 2.21. The number of rotatable bonds is 7. The van der Waals surface area contributed by atoms with Gasteiger partial charge in [0, 0.05) is 6.20 Å². The Labute approximate surface area is 161 Å². The molecule has 2 rings (SSSR count). The molecule has 0 amide bonds. The summed E-state index contributed by atoms with van der Waals surface area (Å²) in [6.07, 6.45) is 1.09. The fourth-order valence-corrected chi connectivity index (χ4v) is 3.18. The Morgan fingerprint density at radius 1 is 1.04 bits per heavy atom. The SMILES string of the molecule is CCOC(=O)c1cc(NS(=O)(=O)c2ccc(Cl)nc2)cc(C(=O)OCC)c1. The maximum atomic E-state index is 12.5. The molecule has 1 heterocycles. The van der Waals surface area contributed by atoms with Crippen LogP contribution in [0.25, 0.3) is 0 Å². The fourth-order valence-electron chi connectivity index (χ4n) is 2.09. The van der Waals surface area contributed by atoms with Gasteiger partial charge >= 0.3 is 11.9 Å². The van der Waals surface area contributed by atoms with Gasteiger partial charge in [-0.3, -0.25) is 4.72 Å². The summed E-state index contributed by atoms with van der Waals surface area (Å²) in [4.78, 5) is 27.6. The number of nitrogens with one attached hydrogen (secondary N) is 1.